The van der Waals surface area contributed by atoms with E-state index in [1.165, 1.54) is 44.2 Å². The summed E-state index contributed by atoms with van der Waals surface area (Å²) in [6, 6.07) is 10.6. The first-order valence-electron chi connectivity index (χ1n) is 8.00. The Morgan fingerprint density at radius 1 is 0.957 bits per heavy atom. The molecule has 0 saturated heterocycles. The molecule has 2 aromatic rings. The van der Waals surface area contributed by atoms with Crippen molar-refractivity contribution < 1.29 is 42.5 Å². The topological polar surface area (TPSA) is 57.2 Å². The second-order valence-corrected chi connectivity index (χ2v) is 7.15. The predicted octanol–water partition coefficient (Wildman–Crippen LogP) is 1.65. The molecule has 0 radical (unpaired) electrons. The number of fused-ring (bicyclic) bond motifs is 1. The third kappa shape index (κ3) is 6.20. The summed E-state index contributed by atoms with van der Waals surface area (Å²) in [7, 11) is -4.40. The van der Waals surface area contributed by atoms with E-state index >= 15 is 0 Å². The van der Waals surface area contributed by atoms with Crippen LogP contribution in [0.5, 0.6) is 0 Å². The minimum atomic E-state index is -4.40. The summed E-state index contributed by atoms with van der Waals surface area (Å²) in [5.41, 5.74) is 1.12. The Hall–Kier alpha value is -0.390. The Bertz CT molecular complexity index is 726. The third-order valence-electron chi connectivity index (χ3n) is 4.03. The van der Waals surface area contributed by atoms with Crippen molar-refractivity contribution in [3.05, 3.63) is 42.0 Å². The fourth-order valence-electron chi connectivity index (χ4n) is 2.79. The number of aryl methyl sites for hydroxylation is 1. The van der Waals surface area contributed by atoms with E-state index in [9.17, 15) is 13.0 Å². The molecule has 0 N–H and O–H groups in total. The Morgan fingerprint density at radius 3 is 2.35 bits per heavy atom. The van der Waals surface area contributed by atoms with E-state index in [-0.39, 0.29) is 34.5 Å². The van der Waals surface area contributed by atoms with Crippen LogP contribution < -0.4 is 29.6 Å². The molecule has 0 aliphatic carbocycles. The summed E-state index contributed by atoms with van der Waals surface area (Å²) in [6.07, 6.45) is 8.27. The van der Waals surface area contributed by atoms with Crippen molar-refractivity contribution in [3.8, 4) is 0 Å². The molecular weight excluding hydrogens is 319 g/mol. The standard InChI is InChI=1S/C18H24O3S.Na/c1-2-3-4-5-6-7-9-15-10-8-11-16-12-13-17(14-18(15)16)22(19,20)21;/h8,10-14H,2-7,9H2,1H3,(H,19,20,21);/q;+1/p-1. The first kappa shape index (κ1) is 20.7. The van der Waals surface area contributed by atoms with Gasteiger partial charge in [0.25, 0.3) is 0 Å². The number of hydrogen-bond acceptors (Lipinski definition) is 3. The number of benzene rings is 2. The van der Waals surface area contributed by atoms with Crippen molar-refractivity contribution in [2.75, 3.05) is 0 Å². The van der Waals surface area contributed by atoms with Crippen molar-refractivity contribution >= 4 is 20.9 Å². The number of unbranched alkanes of at least 4 members (excludes halogenated alkanes) is 5. The van der Waals surface area contributed by atoms with Crippen molar-refractivity contribution in [1.29, 1.82) is 0 Å². The Labute approximate surface area is 161 Å². The normalized spacial score (nSPS) is 11.4. The van der Waals surface area contributed by atoms with E-state index in [4.69, 9.17) is 0 Å². The van der Waals surface area contributed by atoms with Gasteiger partial charge in [0, 0.05) is 0 Å². The summed E-state index contributed by atoms with van der Waals surface area (Å²) in [6.45, 7) is 2.21. The quantitative estimate of drug-likeness (QED) is 0.416. The summed E-state index contributed by atoms with van der Waals surface area (Å²) >= 11 is 0. The number of hydrogen-bond donors (Lipinski definition) is 0. The molecule has 0 atom stereocenters. The van der Waals surface area contributed by atoms with Crippen LogP contribution in [-0.4, -0.2) is 13.0 Å². The molecule has 0 saturated carbocycles. The van der Waals surface area contributed by atoms with Gasteiger partial charge in [-0.25, -0.2) is 8.42 Å². The van der Waals surface area contributed by atoms with E-state index in [1.54, 1.807) is 6.07 Å². The molecule has 0 amide bonds. The maximum atomic E-state index is 11.2. The van der Waals surface area contributed by atoms with E-state index < -0.39 is 10.1 Å². The van der Waals surface area contributed by atoms with Crippen LogP contribution in [-0.2, 0) is 16.5 Å². The van der Waals surface area contributed by atoms with Crippen LogP contribution in [0.4, 0.5) is 0 Å². The van der Waals surface area contributed by atoms with Crippen LogP contribution in [0.2, 0.25) is 0 Å². The molecule has 0 aliphatic rings. The van der Waals surface area contributed by atoms with Gasteiger partial charge in [-0.05, 0) is 41.3 Å². The van der Waals surface area contributed by atoms with Gasteiger partial charge in [0.1, 0.15) is 10.1 Å². The van der Waals surface area contributed by atoms with Crippen molar-refractivity contribution in [2.24, 2.45) is 0 Å². The monoisotopic (exact) mass is 342 g/mol. The average Bonchev–Trinajstić information content (AvgIpc) is 2.49. The van der Waals surface area contributed by atoms with Crippen molar-refractivity contribution in [2.45, 2.75) is 56.8 Å². The Balaban J connectivity index is 0.00000264. The van der Waals surface area contributed by atoms with Crippen LogP contribution in [0.25, 0.3) is 10.8 Å². The summed E-state index contributed by atoms with van der Waals surface area (Å²) in [5.74, 6) is 0. The van der Waals surface area contributed by atoms with Crippen LogP contribution in [0.15, 0.2) is 41.3 Å². The second kappa shape index (κ2) is 9.80. The van der Waals surface area contributed by atoms with E-state index in [2.05, 4.69) is 6.92 Å². The molecule has 0 bridgehead atoms. The van der Waals surface area contributed by atoms with E-state index in [1.807, 2.05) is 18.2 Å². The van der Waals surface area contributed by atoms with Crippen LogP contribution >= 0.6 is 0 Å². The molecule has 3 nitrogen and oxygen atoms in total. The SMILES string of the molecule is CCCCCCCCc1cccc2ccc(S(=O)(=O)[O-])cc12.[Na+]. The fourth-order valence-corrected chi connectivity index (χ4v) is 3.28. The minimum Gasteiger partial charge on any atom is -0.744 e. The van der Waals surface area contributed by atoms with Gasteiger partial charge in [-0.1, -0.05) is 63.3 Å². The molecule has 0 aromatic heterocycles. The average molecular weight is 342 g/mol. The van der Waals surface area contributed by atoms with E-state index in [0.29, 0.717) is 0 Å². The van der Waals surface area contributed by atoms with Gasteiger partial charge in [0.15, 0.2) is 0 Å². The summed E-state index contributed by atoms with van der Waals surface area (Å²) in [4.78, 5) is -0.143. The Morgan fingerprint density at radius 2 is 1.65 bits per heavy atom. The van der Waals surface area contributed by atoms with Gasteiger partial charge in [-0.15, -0.1) is 0 Å². The Kier molecular flexibility index (Phi) is 8.80. The molecule has 2 aromatic carbocycles. The van der Waals surface area contributed by atoms with E-state index in [0.717, 1.165) is 29.2 Å². The van der Waals surface area contributed by atoms with Gasteiger partial charge in [-0.3, -0.25) is 0 Å². The molecule has 120 valence electrons. The fraction of sp³-hybridized carbons (Fsp3) is 0.444. The molecule has 0 aliphatic heterocycles. The zero-order valence-corrected chi connectivity index (χ0v) is 16.9. The van der Waals surface area contributed by atoms with Gasteiger partial charge in [0.05, 0.1) is 4.90 Å². The molecule has 23 heavy (non-hydrogen) atoms. The first-order chi connectivity index (χ1) is 10.5. The van der Waals surface area contributed by atoms with Crippen LogP contribution in [0.1, 0.15) is 51.0 Å². The van der Waals surface area contributed by atoms with Crippen molar-refractivity contribution in [1.82, 2.24) is 0 Å². The number of rotatable bonds is 8. The molecule has 2 rings (SSSR count). The predicted molar refractivity (Wildman–Crippen MR) is 89.0 cm³/mol. The van der Waals surface area contributed by atoms with Crippen molar-refractivity contribution in [3.63, 3.8) is 0 Å². The third-order valence-corrected chi connectivity index (χ3v) is 4.86. The van der Waals surface area contributed by atoms with Crippen LogP contribution in [0.3, 0.4) is 0 Å². The molecule has 0 fully saturated rings. The summed E-state index contributed by atoms with van der Waals surface area (Å²) in [5, 5.41) is 1.86. The molecule has 0 spiro atoms. The zero-order chi connectivity index (χ0) is 16.0. The van der Waals surface area contributed by atoms with Gasteiger partial charge < -0.3 is 4.55 Å². The minimum absolute atomic E-state index is 0. The maximum Gasteiger partial charge on any atom is 1.00 e. The van der Waals surface area contributed by atoms with Gasteiger partial charge in [0.2, 0.25) is 0 Å². The first-order valence-corrected chi connectivity index (χ1v) is 9.41. The molecular formula is C18H23NaO3S. The summed E-state index contributed by atoms with van der Waals surface area (Å²) < 4.78 is 33.6. The molecule has 0 unspecified atom stereocenters. The van der Waals surface area contributed by atoms with Gasteiger partial charge in [-0.2, -0.15) is 0 Å². The largest absolute Gasteiger partial charge is 1.00 e. The second-order valence-electron chi connectivity index (χ2n) is 5.77. The molecule has 0 heterocycles. The van der Waals surface area contributed by atoms with Crippen LogP contribution in [0, 0.1) is 0 Å². The van der Waals surface area contributed by atoms with Gasteiger partial charge >= 0.3 is 29.6 Å². The smallest absolute Gasteiger partial charge is 0.744 e. The molecule has 5 heteroatoms. The zero-order valence-electron chi connectivity index (χ0n) is 14.0. The maximum absolute atomic E-state index is 11.2.